The molecule has 4 unspecified atom stereocenters. The number of amides is 3. The van der Waals surface area contributed by atoms with Gasteiger partial charge in [-0.2, -0.15) is 11.8 Å². The number of carbonyl (C=O) groups excluding carboxylic acids is 3. The zero-order valence-electron chi connectivity index (χ0n) is 16.4. The van der Waals surface area contributed by atoms with Gasteiger partial charge in [-0.25, -0.2) is 4.79 Å². The van der Waals surface area contributed by atoms with E-state index in [1.54, 1.807) is 0 Å². The highest BCUT2D eigenvalue weighted by atomic mass is 32.2. The molecule has 3 amide bonds. The predicted molar refractivity (Wildman–Crippen MR) is 105 cm³/mol. The molecule has 1 rings (SSSR count). The van der Waals surface area contributed by atoms with E-state index in [1.165, 1.54) is 23.6 Å². The van der Waals surface area contributed by atoms with Crippen molar-refractivity contribution in [2.75, 3.05) is 18.6 Å². The molecule has 0 aliphatic carbocycles. The molecule has 0 saturated carbocycles. The number of nitrogens with two attached hydrogens (primary N) is 1. The Morgan fingerprint density at radius 2 is 1.83 bits per heavy atom. The fourth-order valence-electron chi connectivity index (χ4n) is 2.94. The van der Waals surface area contributed by atoms with Gasteiger partial charge in [0.2, 0.25) is 17.7 Å². The Hall–Kier alpha value is -2.34. The van der Waals surface area contributed by atoms with Crippen molar-refractivity contribution in [1.82, 2.24) is 15.5 Å². The molecule has 1 saturated heterocycles. The minimum Gasteiger partial charge on any atom is -0.481 e. The van der Waals surface area contributed by atoms with Crippen molar-refractivity contribution in [3.63, 3.8) is 0 Å². The number of rotatable bonds is 11. The summed E-state index contributed by atoms with van der Waals surface area (Å²) in [6.07, 6.45) is 2.20. The first-order valence-electron chi connectivity index (χ1n) is 9.18. The monoisotopic (exact) mass is 432 g/mol. The van der Waals surface area contributed by atoms with Crippen LogP contribution in [0.5, 0.6) is 0 Å². The molecule has 29 heavy (non-hydrogen) atoms. The summed E-state index contributed by atoms with van der Waals surface area (Å²) in [6, 6.07) is -4.32. The summed E-state index contributed by atoms with van der Waals surface area (Å²) >= 11 is 1.44. The molecular weight excluding hydrogens is 404 g/mol. The summed E-state index contributed by atoms with van der Waals surface area (Å²) in [5.41, 5.74) is 5.46. The Morgan fingerprint density at radius 3 is 2.34 bits per heavy atom. The molecule has 0 aromatic heterocycles. The van der Waals surface area contributed by atoms with Crippen LogP contribution in [0.25, 0.3) is 0 Å². The number of carbonyl (C=O) groups is 5. The summed E-state index contributed by atoms with van der Waals surface area (Å²) in [6.45, 7) is 1.59. The number of carboxylic acids is 2. The van der Waals surface area contributed by atoms with E-state index >= 15 is 0 Å². The van der Waals surface area contributed by atoms with Gasteiger partial charge in [0, 0.05) is 6.54 Å². The van der Waals surface area contributed by atoms with Crippen LogP contribution in [0.15, 0.2) is 0 Å². The van der Waals surface area contributed by atoms with Crippen LogP contribution in [0.4, 0.5) is 0 Å². The molecule has 164 valence electrons. The molecule has 6 N–H and O–H groups in total. The molecule has 0 aromatic rings. The minimum atomic E-state index is -1.37. The number of nitrogens with zero attached hydrogens (tertiary/aromatic N) is 1. The molecule has 0 radical (unpaired) electrons. The quantitative estimate of drug-likeness (QED) is 0.263. The lowest BCUT2D eigenvalue weighted by Gasteiger charge is -2.29. The van der Waals surface area contributed by atoms with E-state index in [4.69, 9.17) is 10.8 Å². The van der Waals surface area contributed by atoms with Crippen LogP contribution < -0.4 is 16.4 Å². The maximum absolute atomic E-state index is 12.9. The summed E-state index contributed by atoms with van der Waals surface area (Å²) in [5.74, 6) is -3.94. The maximum atomic E-state index is 12.9. The third-order valence-corrected chi connectivity index (χ3v) is 5.11. The Balaban J connectivity index is 2.91. The van der Waals surface area contributed by atoms with Crippen molar-refractivity contribution in [3.05, 3.63) is 0 Å². The van der Waals surface area contributed by atoms with E-state index in [0.717, 1.165) is 0 Å². The third kappa shape index (κ3) is 7.54. The first kappa shape index (κ1) is 24.7. The van der Waals surface area contributed by atoms with Gasteiger partial charge in [0.15, 0.2) is 0 Å². The van der Waals surface area contributed by atoms with Gasteiger partial charge < -0.3 is 31.5 Å². The maximum Gasteiger partial charge on any atom is 0.326 e. The fourth-order valence-corrected chi connectivity index (χ4v) is 3.41. The van der Waals surface area contributed by atoms with Gasteiger partial charge in [-0.15, -0.1) is 0 Å². The van der Waals surface area contributed by atoms with Gasteiger partial charge in [0.25, 0.3) is 0 Å². The predicted octanol–water partition coefficient (Wildman–Crippen LogP) is -1.39. The molecule has 12 heteroatoms. The highest BCUT2D eigenvalue weighted by molar-refractivity contribution is 7.98. The molecule has 1 heterocycles. The van der Waals surface area contributed by atoms with Crippen molar-refractivity contribution >= 4 is 41.4 Å². The van der Waals surface area contributed by atoms with Crippen LogP contribution in [-0.2, 0) is 24.0 Å². The second kappa shape index (κ2) is 11.6. The lowest BCUT2D eigenvalue weighted by atomic mass is 10.1. The van der Waals surface area contributed by atoms with Crippen LogP contribution in [0.1, 0.15) is 32.6 Å². The molecular formula is C17H28N4O7S. The molecule has 0 spiro atoms. The average molecular weight is 432 g/mol. The van der Waals surface area contributed by atoms with Crippen molar-refractivity contribution in [1.29, 1.82) is 0 Å². The van der Waals surface area contributed by atoms with E-state index in [9.17, 15) is 29.1 Å². The van der Waals surface area contributed by atoms with Gasteiger partial charge in [-0.3, -0.25) is 19.2 Å². The van der Waals surface area contributed by atoms with Crippen molar-refractivity contribution < 1.29 is 34.2 Å². The average Bonchev–Trinajstić information content (AvgIpc) is 3.12. The lowest BCUT2D eigenvalue weighted by Crippen LogP contribution is -2.57. The molecule has 4 atom stereocenters. The second-order valence-corrected chi connectivity index (χ2v) is 7.80. The van der Waals surface area contributed by atoms with E-state index in [0.29, 0.717) is 18.6 Å². The SMILES string of the molecule is CSCCC(NC(=O)C1CCCN1C(=O)C(CC(=O)O)NC(=O)C(C)N)C(=O)O. The number of aliphatic carboxylic acids is 2. The number of likely N-dealkylation sites (tertiary alicyclic amines) is 1. The summed E-state index contributed by atoms with van der Waals surface area (Å²) in [7, 11) is 0. The Morgan fingerprint density at radius 1 is 1.17 bits per heavy atom. The Kier molecular flexibility index (Phi) is 9.89. The van der Waals surface area contributed by atoms with Gasteiger partial charge >= 0.3 is 11.9 Å². The molecule has 11 nitrogen and oxygen atoms in total. The zero-order chi connectivity index (χ0) is 22.1. The van der Waals surface area contributed by atoms with Crippen LogP contribution in [0.3, 0.4) is 0 Å². The summed E-state index contributed by atoms with van der Waals surface area (Å²) in [5, 5.41) is 23.1. The van der Waals surface area contributed by atoms with Gasteiger partial charge in [0.1, 0.15) is 18.1 Å². The lowest BCUT2D eigenvalue weighted by molar-refractivity contribution is -0.147. The standard InChI is InChI=1S/C17H28N4O7S/c1-9(18)14(24)20-11(8-13(22)23)16(26)21-6-3-4-12(21)15(25)19-10(17(27)28)5-7-29-2/h9-12H,3-8,18H2,1-2H3,(H,19,25)(H,20,24)(H,22,23)(H,27,28). The topological polar surface area (TPSA) is 179 Å². The fraction of sp³-hybridized carbons (Fsp3) is 0.706. The highest BCUT2D eigenvalue weighted by Gasteiger charge is 2.39. The van der Waals surface area contributed by atoms with Crippen molar-refractivity contribution in [3.8, 4) is 0 Å². The van der Waals surface area contributed by atoms with E-state index in [-0.39, 0.29) is 13.0 Å². The largest absolute Gasteiger partial charge is 0.481 e. The normalized spacial score (nSPS) is 19.1. The minimum absolute atomic E-state index is 0.198. The van der Waals surface area contributed by atoms with Crippen molar-refractivity contribution in [2.45, 2.75) is 56.8 Å². The number of thioether (sulfide) groups is 1. The molecule has 1 fully saturated rings. The molecule has 0 bridgehead atoms. The summed E-state index contributed by atoms with van der Waals surface area (Å²) in [4.78, 5) is 61.0. The van der Waals surface area contributed by atoms with Gasteiger partial charge in [-0.05, 0) is 38.2 Å². The van der Waals surface area contributed by atoms with Gasteiger partial charge in [-0.1, -0.05) is 0 Å². The Labute approximate surface area is 172 Å². The van der Waals surface area contributed by atoms with Crippen molar-refractivity contribution in [2.24, 2.45) is 5.73 Å². The highest BCUT2D eigenvalue weighted by Crippen LogP contribution is 2.20. The number of hydrogen-bond donors (Lipinski definition) is 5. The molecule has 0 aromatic carbocycles. The van der Waals surface area contributed by atoms with Crippen LogP contribution in [-0.4, -0.2) is 87.5 Å². The van der Waals surface area contributed by atoms with E-state index < -0.39 is 60.2 Å². The number of hydrogen-bond acceptors (Lipinski definition) is 7. The first-order chi connectivity index (χ1) is 13.6. The third-order valence-electron chi connectivity index (χ3n) is 4.47. The molecule has 1 aliphatic rings. The second-order valence-electron chi connectivity index (χ2n) is 6.82. The molecule has 1 aliphatic heterocycles. The zero-order valence-corrected chi connectivity index (χ0v) is 17.2. The number of carboxylic acid groups (broad SMARTS) is 2. The van der Waals surface area contributed by atoms with Crippen LogP contribution in [0.2, 0.25) is 0 Å². The smallest absolute Gasteiger partial charge is 0.326 e. The summed E-state index contributed by atoms with van der Waals surface area (Å²) < 4.78 is 0. The van der Waals surface area contributed by atoms with Gasteiger partial charge in [0.05, 0.1) is 12.5 Å². The van der Waals surface area contributed by atoms with E-state index in [1.807, 2.05) is 6.26 Å². The van der Waals surface area contributed by atoms with Crippen LogP contribution >= 0.6 is 11.8 Å². The van der Waals surface area contributed by atoms with E-state index in [2.05, 4.69) is 10.6 Å². The van der Waals surface area contributed by atoms with Crippen LogP contribution in [0, 0.1) is 0 Å². The number of nitrogens with one attached hydrogen (secondary N) is 2. The Bertz CT molecular complexity index is 643. The first-order valence-corrected chi connectivity index (χ1v) is 10.6.